The number of rotatable bonds is 4. The minimum absolute atomic E-state index is 0.0583. The van der Waals surface area contributed by atoms with Gasteiger partial charge in [-0.15, -0.1) is 0 Å². The SMILES string of the molecule is COc1cc(C(C)=NNC(=O)c2ccccc2C)ccc1O. The number of hydrogen-bond acceptors (Lipinski definition) is 4. The van der Waals surface area contributed by atoms with Crippen LogP contribution in [-0.2, 0) is 0 Å². The van der Waals surface area contributed by atoms with Gasteiger partial charge in [-0.1, -0.05) is 18.2 Å². The largest absolute Gasteiger partial charge is 0.504 e. The number of aryl methyl sites for hydroxylation is 1. The number of phenolic OH excluding ortho intramolecular Hbond substituents is 1. The zero-order valence-corrected chi connectivity index (χ0v) is 12.8. The fourth-order valence-electron chi connectivity index (χ4n) is 1.99. The molecule has 1 amide bonds. The predicted octanol–water partition coefficient (Wildman–Crippen LogP) is 2.86. The molecule has 0 saturated carbocycles. The van der Waals surface area contributed by atoms with Gasteiger partial charge in [0.1, 0.15) is 0 Å². The summed E-state index contributed by atoms with van der Waals surface area (Å²) in [4.78, 5) is 12.1. The van der Waals surface area contributed by atoms with Gasteiger partial charge in [-0.3, -0.25) is 4.79 Å². The molecular weight excluding hydrogens is 280 g/mol. The molecule has 0 unspecified atom stereocenters. The van der Waals surface area contributed by atoms with Crippen molar-refractivity contribution < 1.29 is 14.6 Å². The van der Waals surface area contributed by atoms with Gasteiger partial charge in [0.05, 0.1) is 12.8 Å². The van der Waals surface area contributed by atoms with E-state index in [-0.39, 0.29) is 11.7 Å². The number of methoxy groups -OCH3 is 1. The van der Waals surface area contributed by atoms with E-state index in [0.29, 0.717) is 17.0 Å². The highest BCUT2D eigenvalue weighted by molar-refractivity contribution is 6.01. The van der Waals surface area contributed by atoms with Crippen molar-refractivity contribution in [3.8, 4) is 11.5 Å². The highest BCUT2D eigenvalue weighted by atomic mass is 16.5. The van der Waals surface area contributed by atoms with Crippen LogP contribution < -0.4 is 10.2 Å². The van der Waals surface area contributed by atoms with Crippen LogP contribution in [0.5, 0.6) is 11.5 Å². The van der Waals surface area contributed by atoms with E-state index in [9.17, 15) is 9.90 Å². The van der Waals surface area contributed by atoms with Crippen molar-refractivity contribution in [3.63, 3.8) is 0 Å². The number of nitrogens with one attached hydrogen (secondary N) is 1. The molecule has 0 spiro atoms. The molecule has 0 aromatic heterocycles. The van der Waals surface area contributed by atoms with E-state index >= 15 is 0 Å². The number of amides is 1. The predicted molar refractivity (Wildman–Crippen MR) is 85.5 cm³/mol. The normalized spacial score (nSPS) is 11.1. The molecule has 2 aromatic carbocycles. The number of hydrazone groups is 1. The van der Waals surface area contributed by atoms with Gasteiger partial charge in [-0.05, 0) is 43.7 Å². The molecule has 0 atom stereocenters. The molecule has 5 nitrogen and oxygen atoms in total. The Labute approximate surface area is 129 Å². The maximum atomic E-state index is 12.1. The van der Waals surface area contributed by atoms with Crippen molar-refractivity contribution in [3.05, 3.63) is 59.2 Å². The topological polar surface area (TPSA) is 70.9 Å². The first kappa shape index (κ1) is 15.6. The van der Waals surface area contributed by atoms with E-state index in [1.165, 1.54) is 13.2 Å². The Hall–Kier alpha value is -2.82. The number of carbonyl (C=O) groups is 1. The van der Waals surface area contributed by atoms with Gasteiger partial charge in [0.25, 0.3) is 5.91 Å². The third kappa shape index (κ3) is 3.44. The zero-order chi connectivity index (χ0) is 16.1. The van der Waals surface area contributed by atoms with Crippen molar-refractivity contribution in [2.45, 2.75) is 13.8 Å². The average molecular weight is 298 g/mol. The second kappa shape index (κ2) is 6.76. The molecule has 0 saturated heterocycles. The van der Waals surface area contributed by atoms with Crippen molar-refractivity contribution >= 4 is 11.6 Å². The number of ether oxygens (including phenoxy) is 1. The first-order chi connectivity index (χ1) is 10.5. The van der Waals surface area contributed by atoms with E-state index in [2.05, 4.69) is 10.5 Å². The van der Waals surface area contributed by atoms with Crippen molar-refractivity contribution in [2.24, 2.45) is 5.10 Å². The molecule has 5 heteroatoms. The van der Waals surface area contributed by atoms with Gasteiger partial charge < -0.3 is 9.84 Å². The molecule has 0 aliphatic rings. The van der Waals surface area contributed by atoms with Crippen LogP contribution >= 0.6 is 0 Å². The number of benzene rings is 2. The van der Waals surface area contributed by atoms with Crippen LogP contribution in [0.2, 0.25) is 0 Å². The van der Waals surface area contributed by atoms with Gasteiger partial charge in [-0.2, -0.15) is 5.10 Å². The third-order valence-corrected chi connectivity index (χ3v) is 3.31. The Morgan fingerprint density at radius 1 is 1.23 bits per heavy atom. The first-order valence-electron chi connectivity index (χ1n) is 6.80. The van der Waals surface area contributed by atoms with Crippen LogP contribution in [0.25, 0.3) is 0 Å². The summed E-state index contributed by atoms with van der Waals surface area (Å²) in [6.45, 7) is 3.64. The van der Waals surface area contributed by atoms with Crippen LogP contribution in [0.1, 0.15) is 28.4 Å². The van der Waals surface area contributed by atoms with Crippen LogP contribution in [-0.4, -0.2) is 23.8 Å². The van der Waals surface area contributed by atoms with Gasteiger partial charge in [0.2, 0.25) is 0 Å². The Balaban J connectivity index is 2.16. The summed E-state index contributed by atoms with van der Waals surface area (Å²) < 4.78 is 5.05. The van der Waals surface area contributed by atoms with E-state index in [0.717, 1.165) is 11.1 Å². The molecule has 2 N–H and O–H groups in total. The van der Waals surface area contributed by atoms with E-state index < -0.39 is 0 Å². The molecule has 2 rings (SSSR count). The number of hydrogen-bond donors (Lipinski definition) is 2. The lowest BCUT2D eigenvalue weighted by Crippen LogP contribution is -2.20. The van der Waals surface area contributed by atoms with E-state index in [1.807, 2.05) is 25.1 Å². The summed E-state index contributed by atoms with van der Waals surface area (Å²) in [7, 11) is 1.48. The third-order valence-electron chi connectivity index (χ3n) is 3.31. The van der Waals surface area contributed by atoms with Crippen molar-refractivity contribution in [1.29, 1.82) is 0 Å². The molecule has 0 fully saturated rings. The van der Waals surface area contributed by atoms with Crippen LogP contribution in [0, 0.1) is 6.92 Å². The van der Waals surface area contributed by atoms with Gasteiger partial charge in [0, 0.05) is 11.1 Å². The van der Waals surface area contributed by atoms with E-state index in [4.69, 9.17) is 4.74 Å². The molecule has 0 heterocycles. The molecule has 0 aliphatic heterocycles. The maximum absolute atomic E-state index is 12.1. The maximum Gasteiger partial charge on any atom is 0.271 e. The van der Waals surface area contributed by atoms with Gasteiger partial charge in [0.15, 0.2) is 11.5 Å². The van der Waals surface area contributed by atoms with Crippen LogP contribution in [0.3, 0.4) is 0 Å². The molecule has 0 aliphatic carbocycles. The van der Waals surface area contributed by atoms with Crippen molar-refractivity contribution in [2.75, 3.05) is 7.11 Å². The minimum atomic E-state index is -0.261. The molecule has 2 aromatic rings. The average Bonchev–Trinajstić information content (AvgIpc) is 2.53. The Kier molecular flexibility index (Phi) is 4.78. The lowest BCUT2D eigenvalue weighted by atomic mass is 10.1. The fourth-order valence-corrected chi connectivity index (χ4v) is 1.99. The molecule has 22 heavy (non-hydrogen) atoms. The summed E-state index contributed by atoms with van der Waals surface area (Å²) in [6.07, 6.45) is 0. The Morgan fingerprint density at radius 2 is 1.95 bits per heavy atom. The summed E-state index contributed by atoms with van der Waals surface area (Å²) in [5, 5.41) is 13.7. The number of nitrogens with zero attached hydrogens (tertiary/aromatic N) is 1. The summed E-state index contributed by atoms with van der Waals surface area (Å²) in [5.74, 6) is 0.156. The fraction of sp³-hybridized carbons (Fsp3) is 0.176. The Bertz CT molecular complexity index is 724. The second-order valence-electron chi connectivity index (χ2n) is 4.84. The number of aromatic hydroxyl groups is 1. The smallest absolute Gasteiger partial charge is 0.271 e. The first-order valence-corrected chi connectivity index (χ1v) is 6.80. The summed E-state index contributed by atoms with van der Waals surface area (Å²) >= 11 is 0. The second-order valence-corrected chi connectivity index (χ2v) is 4.84. The summed E-state index contributed by atoms with van der Waals surface area (Å²) in [5.41, 5.74) is 5.37. The monoisotopic (exact) mass is 298 g/mol. The van der Waals surface area contributed by atoms with Crippen LogP contribution in [0.15, 0.2) is 47.6 Å². The number of phenols is 1. The van der Waals surface area contributed by atoms with Crippen molar-refractivity contribution in [1.82, 2.24) is 5.43 Å². The zero-order valence-electron chi connectivity index (χ0n) is 12.8. The summed E-state index contributed by atoms with van der Waals surface area (Å²) in [6, 6.07) is 12.2. The molecular formula is C17H18N2O3. The highest BCUT2D eigenvalue weighted by Gasteiger charge is 2.08. The molecule has 0 bridgehead atoms. The molecule has 114 valence electrons. The Morgan fingerprint density at radius 3 is 2.64 bits per heavy atom. The lowest BCUT2D eigenvalue weighted by molar-refractivity contribution is 0.0954. The standard InChI is InChI=1S/C17H18N2O3/c1-11-6-4-5-7-14(11)17(21)19-18-12(2)13-8-9-15(20)16(10-13)22-3/h4-10,20H,1-3H3,(H,19,21). The minimum Gasteiger partial charge on any atom is -0.504 e. The highest BCUT2D eigenvalue weighted by Crippen LogP contribution is 2.26. The van der Waals surface area contributed by atoms with Crippen LogP contribution in [0.4, 0.5) is 0 Å². The lowest BCUT2D eigenvalue weighted by Gasteiger charge is -2.07. The molecule has 0 radical (unpaired) electrons. The quantitative estimate of drug-likeness (QED) is 0.673. The van der Waals surface area contributed by atoms with E-state index in [1.54, 1.807) is 25.1 Å². The van der Waals surface area contributed by atoms with Gasteiger partial charge >= 0.3 is 0 Å². The number of carbonyl (C=O) groups excluding carboxylic acids is 1. The van der Waals surface area contributed by atoms with Gasteiger partial charge in [-0.25, -0.2) is 5.43 Å².